The first-order valence-electron chi connectivity index (χ1n) is 34.7. The van der Waals surface area contributed by atoms with E-state index in [1.165, 1.54) is 0 Å². The molecule has 10 aromatic carbocycles. The van der Waals surface area contributed by atoms with Crippen LogP contribution in [0.25, 0.3) is 32.7 Å². The molecule has 4 aliphatic rings. The zero-order valence-corrected chi connectivity index (χ0v) is 61.6. The number of carbonyl (C=O) groups is 2. The number of rotatable bonds is 21. The van der Waals surface area contributed by atoms with Crippen molar-refractivity contribution in [1.29, 1.82) is 0 Å². The molecular formula is C84H84O18P2. The molecule has 0 atom stereocenters. The van der Waals surface area contributed by atoms with E-state index in [4.69, 9.17) is 74.5 Å². The second-order valence-electron chi connectivity index (χ2n) is 29.6. The average molecular weight is 1440 g/mol. The first kappa shape index (κ1) is 72.0. The fraction of sp³-hybridized carbons (Fsp3) is 0.310. The van der Waals surface area contributed by atoms with E-state index in [1.54, 1.807) is 60.7 Å². The molecule has 18 nitrogen and oxygen atoms in total. The van der Waals surface area contributed by atoms with Crippen LogP contribution in [-0.2, 0) is 37.9 Å². The van der Waals surface area contributed by atoms with Crippen molar-refractivity contribution in [3.05, 3.63) is 251 Å². The van der Waals surface area contributed by atoms with Gasteiger partial charge in [-0.05, 0) is 95.1 Å². The Morgan fingerprint density at radius 2 is 0.558 bits per heavy atom. The molecule has 0 spiro atoms. The van der Waals surface area contributed by atoms with E-state index >= 15 is 9.59 Å². The molecule has 4 saturated heterocycles. The number of hydrogen-bond donors (Lipinski definition) is 0. The lowest BCUT2D eigenvalue weighted by Crippen LogP contribution is -2.34. The van der Waals surface area contributed by atoms with Gasteiger partial charge in [-0.1, -0.05) is 213 Å². The fourth-order valence-corrected chi connectivity index (χ4v) is 14.6. The van der Waals surface area contributed by atoms with E-state index in [2.05, 4.69) is 55.4 Å². The maximum absolute atomic E-state index is 16.1. The van der Waals surface area contributed by atoms with Gasteiger partial charge < -0.3 is 74.5 Å². The van der Waals surface area contributed by atoms with Crippen LogP contribution in [0.4, 0.5) is 0 Å². The summed E-state index contributed by atoms with van der Waals surface area (Å²) in [5, 5.41) is 2.16. The maximum Gasteiger partial charge on any atom is 0.530 e. The number of para-hydroxylation sites is 6. The van der Waals surface area contributed by atoms with Gasteiger partial charge in [0.15, 0.2) is 36.7 Å². The van der Waals surface area contributed by atoms with Crippen LogP contribution in [0.2, 0.25) is 0 Å². The lowest BCUT2D eigenvalue weighted by Gasteiger charge is -2.35. The zero-order valence-electron chi connectivity index (χ0n) is 59.8. The minimum atomic E-state index is -2.85. The average Bonchev–Trinajstić information content (AvgIpc) is 0.728. The first-order chi connectivity index (χ1) is 50.1. The third kappa shape index (κ3) is 16.4. The van der Waals surface area contributed by atoms with Crippen molar-refractivity contribution in [1.82, 2.24) is 0 Å². The summed E-state index contributed by atoms with van der Waals surface area (Å²) in [5.74, 6) is -0.107. The van der Waals surface area contributed by atoms with Crippen LogP contribution in [0.1, 0.15) is 135 Å². The van der Waals surface area contributed by atoms with Gasteiger partial charge >= 0.3 is 29.1 Å². The van der Waals surface area contributed by atoms with Gasteiger partial charge in [-0.15, -0.1) is 0 Å². The summed E-state index contributed by atoms with van der Waals surface area (Å²) in [7, 11) is -5.70. The molecule has 10 aromatic rings. The van der Waals surface area contributed by atoms with Gasteiger partial charge in [-0.25, -0.2) is 9.59 Å². The number of benzene rings is 10. The molecule has 4 fully saturated rings. The molecule has 104 heavy (non-hydrogen) atoms. The highest BCUT2D eigenvalue weighted by molar-refractivity contribution is 7.43. The van der Waals surface area contributed by atoms with Gasteiger partial charge in [-0.3, -0.25) is 0 Å². The molecule has 4 heterocycles. The third-order valence-electron chi connectivity index (χ3n) is 18.0. The van der Waals surface area contributed by atoms with Crippen LogP contribution in [-0.4, -0.2) is 64.8 Å². The molecule has 0 aromatic heterocycles. The van der Waals surface area contributed by atoms with Gasteiger partial charge in [0, 0.05) is 32.8 Å². The Morgan fingerprint density at radius 3 is 0.837 bits per heavy atom. The largest absolute Gasteiger partial charge is 0.530 e. The Kier molecular flexibility index (Phi) is 21.2. The molecule has 4 aliphatic heterocycles. The van der Waals surface area contributed by atoms with Crippen LogP contribution >= 0.6 is 17.2 Å². The Hall–Kier alpha value is -9.00. The highest BCUT2D eigenvalue weighted by Crippen LogP contribution is 2.58. The van der Waals surface area contributed by atoms with Crippen molar-refractivity contribution in [2.45, 2.75) is 94.4 Å². The maximum atomic E-state index is 16.1. The standard InChI is InChI=1S/C84H84O18P2/c1-53-27-11-21-37-65(53)95-75(85)63-43-55-29-13-15-31-57(55)71(73(63)101-103(97-67-39-23-17-33-59(67)77-87-45-81(3,4)46-88-77)98-68-40-24-18-34-60(68)78-89-47-82(5,6)48-90-78)72-58-32-16-14-30-56(58)44-64(76(86)96-66-38-22-12-28-54(66)2)74(72)102-104(99-69-41-25-19-35-61(69)79-91-49-83(7,8)50-92-79)100-70-42-26-20-36-62(70)80-93-51-84(9,10)52-94-80/h11-44,77-80H,45-52H2,1-10H3. The monoisotopic (exact) mass is 1440 g/mol. The number of hydrogen-bond acceptors (Lipinski definition) is 18. The molecule has 0 saturated carbocycles. The Balaban J connectivity index is 1.02. The Labute approximate surface area is 608 Å². The second-order valence-corrected chi connectivity index (χ2v) is 31.6. The molecule has 0 unspecified atom stereocenters. The van der Waals surface area contributed by atoms with Gasteiger partial charge in [0.1, 0.15) is 45.6 Å². The Morgan fingerprint density at radius 1 is 0.317 bits per heavy atom. The van der Waals surface area contributed by atoms with Crippen LogP contribution in [0, 0.1) is 35.5 Å². The fourth-order valence-electron chi connectivity index (χ4n) is 12.4. The van der Waals surface area contributed by atoms with Crippen molar-refractivity contribution in [3.63, 3.8) is 0 Å². The van der Waals surface area contributed by atoms with Crippen molar-refractivity contribution in [3.8, 4) is 57.1 Å². The van der Waals surface area contributed by atoms with Crippen LogP contribution in [0.15, 0.2) is 206 Å². The van der Waals surface area contributed by atoms with Crippen molar-refractivity contribution in [2.24, 2.45) is 21.7 Å². The molecule has 0 bridgehead atoms. The van der Waals surface area contributed by atoms with Crippen molar-refractivity contribution < 1.29 is 84.1 Å². The van der Waals surface area contributed by atoms with E-state index < -0.39 is 54.3 Å². The molecule has 0 radical (unpaired) electrons. The molecule has 14 rings (SSSR count). The van der Waals surface area contributed by atoms with Gasteiger partial charge in [0.2, 0.25) is 0 Å². The van der Waals surface area contributed by atoms with Crippen LogP contribution in [0.5, 0.6) is 46.0 Å². The summed E-state index contributed by atoms with van der Waals surface area (Å²) in [5.41, 5.74) is 2.78. The highest BCUT2D eigenvalue weighted by atomic mass is 31.2. The smallest absolute Gasteiger partial charge is 0.423 e. The second kappa shape index (κ2) is 30.6. The molecule has 0 N–H and O–H groups in total. The number of esters is 2. The van der Waals surface area contributed by atoms with Gasteiger partial charge in [-0.2, -0.15) is 0 Å². The van der Waals surface area contributed by atoms with E-state index in [9.17, 15) is 0 Å². The SMILES string of the molecule is Cc1ccccc1OC(=O)c1cc2ccccc2c(-c2c(OP(Oc3ccccc3C3OCC(C)(C)CO3)Oc3ccccc3C3OCC(C)(C)CO3)c(C(=O)Oc3ccccc3C)cc3ccccc23)c1OP(Oc1ccccc1C1OCC(C)(C)CO1)Oc1ccccc1C1OCC(C)(C)CO1. The highest BCUT2D eigenvalue weighted by Gasteiger charge is 2.41. The quantitative estimate of drug-likeness (QED) is 0.0376. The predicted molar refractivity (Wildman–Crippen MR) is 396 cm³/mol. The minimum absolute atomic E-state index is 0.0718. The van der Waals surface area contributed by atoms with E-state index in [-0.39, 0.29) is 78.4 Å². The molecule has 0 amide bonds. The molecule has 20 heteroatoms. The number of fused-ring (bicyclic) bond motifs is 2. The number of aryl methyl sites for hydroxylation is 2. The lowest BCUT2D eigenvalue weighted by atomic mass is 9.88. The molecule has 0 aliphatic carbocycles. The first-order valence-corrected chi connectivity index (χ1v) is 36.9. The summed E-state index contributed by atoms with van der Waals surface area (Å²) >= 11 is 0. The van der Waals surface area contributed by atoms with Crippen molar-refractivity contribution >= 4 is 50.7 Å². The summed E-state index contributed by atoms with van der Waals surface area (Å²) in [6.07, 6.45) is -3.43. The Bertz CT molecular complexity index is 4300. The number of carbonyl (C=O) groups excluding carboxylic acids is 2. The number of ether oxygens (including phenoxy) is 10. The summed E-state index contributed by atoms with van der Waals surface area (Å²) < 4.78 is 109. The third-order valence-corrected chi connectivity index (χ3v) is 20.1. The normalized spacial score (nSPS) is 17.7. The van der Waals surface area contributed by atoms with Crippen molar-refractivity contribution in [2.75, 3.05) is 52.9 Å². The zero-order chi connectivity index (χ0) is 72.3. The van der Waals surface area contributed by atoms with E-state index in [1.807, 2.05) is 159 Å². The lowest BCUT2D eigenvalue weighted by molar-refractivity contribution is -0.226. The van der Waals surface area contributed by atoms with Gasteiger partial charge in [0.25, 0.3) is 0 Å². The van der Waals surface area contributed by atoms with Gasteiger partial charge in [0.05, 0.1) is 75.1 Å². The van der Waals surface area contributed by atoms with Crippen LogP contribution < -0.4 is 36.6 Å². The van der Waals surface area contributed by atoms with Crippen LogP contribution in [0.3, 0.4) is 0 Å². The van der Waals surface area contributed by atoms with E-state index in [0.29, 0.717) is 119 Å². The summed E-state index contributed by atoms with van der Waals surface area (Å²) in [4.78, 5) is 32.1. The predicted octanol–water partition coefficient (Wildman–Crippen LogP) is 20.5. The summed E-state index contributed by atoms with van der Waals surface area (Å²) in [6, 6.07) is 62.3. The summed E-state index contributed by atoms with van der Waals surface area (Å²) in [6.45, 7) is 23.4. The molecular weight excluding hydrogens is 1360 g/mol. The topological polar surface area (TPSA) is 182 Å². The molecule has 538 valence electrons. The minimum Gasteiger partial charge on any atom is -0.423 e. The van der Waals surface area contributed by atoms with E-state index in [0.717, 1.165) is 0 Å².